The second-order valence-corrected chi connectivity index (χ2v) is 6.99. The van der Waals surface area contributed by atoms with Crippen molar-refractivity contribution in [2.24, 2.45) is 0 Å². The summed E-state index contributed by atoms with van der Waals surface area (Å²) in [7, 11) is -0.415. The molecule has 1 aliphatic rings. The van der Waals surface area contributed by atoms with Gasteiger partial charge in [0, 0.05) is 12.6 Å². The average Bonchev–Trinajstić information content (AvgIpc) is 2.57. The van der Waals surface area contributed by atoms with E-state index in [-0.39, 0.29) is 17.1 Å². The summed E-state index contributed by atoms with van der Waals surface area (Å²) >= 11 is 0. The van der Waals surface area contributed by atoms with E-state index in [1.165, 1.54) is 6.92 Å². The Hall–Kier alpha value is -1.33. The number of amides is 1. The second kappa shape index (κ2) is 5.71. The van der Waals surface area contributed by atoms with Crippen LogP contribution in [0.2, 0.25) is 0 Å². The molecule has 120 valence electrons. The summed E-state index contributed by atoms with van der Waals surface area (Å²) in [5.74, 6) is -0.0693. The van der Waals surface area contributed by atoms with Gasteiger partial charge in [-0.3, -0.25) is 4.79 Å². The van der Waals surface area contributed by atoms with Crippen LogP contribution in [-0.2, 0) is 20.5 Å². The van der Waals surface area contributed by atoms with Crippen molar-refractivity contribution in [3.63, 3.8) is 0 Å². The van der Waals surface area contributed by atoms with E-state index < -0.39 is 7.12 Å². The van der Waals surface area contributed by atoms with Gasteiger partial charge in [0.1, 0.15) is 0 Å². The molecule has 22 heavy (non-hydrogen) atoms. The number of rotatable bonds is 3. The minimum absolute atomic E-state index is 0.0693. The maximum Gasteiger partial charge on any atom is 0.494 e. The molecule has 1 aromatic rings. The van der Waals surface area contributed by atoms with Crippen molar-refractivity contribution in [2.45, 2.75) is 66.1 Å². The van der Waals surface area contributed by atoms with Crippen LogP contribution in [-0.4, -0.2) is 24.2 Å². The summed E-state index contributed by atoms with van der Waals surface area (Å²) in [6.07, 6.45) is 0.866. The van der Waals surface area contributed by atoms with Gasteiger partial charge in [-0.25, -0.2) is 0 Å². The van der Waals surface area contributed by atoms with Gasteiger partial charge in [0.25, 0.3) is 0 Å². The lowest BCUT2D eigenvalue weighted by molar-refractivity contribution is -0.114. The second-order valence-electron chi connectivity index (χ2n) is 6.99. The van der Waals surface area contributed by atoms with Crippen molar-refractivity contribution < 1.29 is 14.1 Å². The Morgan fingerprint density at radius 3 is 2.18 bits per heavy atom. The molecular formula is C17H26BNO3. The Bertz CT molecular complexity index is 580. The lowest BCUT2D eigenvalue weighted by Gasteiger charge is -2.32. The minimum Gasteiger partial charge on any atom is -0.399 e. The normalized spacial score (nSPS) is 19.3. The smallest absolute Gasteiger partial charge is 0.399 e. The average molecular weight is 303 g/mol. The van der Waals surface area contributed by atoms with Crippen molar-refractivity contribution in [1.82, 2.24) is 0 Å². The first-order valence-corrected chi connectivity index (χ1v) is 7.84. The standard InChI is InChI=1S/C17H26BNO3/c1-8-14-11(2)9-13(10-15(14)19-12(3)20)18-21-16(4,5)17(6,7)22-18/h9-10H,8H2,1-7H3,(H,19,20). The maximum atomic E-state index is 11.5. The first-order chi connectivity index (χ1) is 10.1. The SMILES string of the molecule is CCc1c(C)cc(B2OC(C)(C)C(C)(C)O2)cc1NC(C)=O. The Labute approximate surface area is 133 Å². The molecule has 1 aliphatic heterocycles. The van der Waals surface area contributed by atoms with Crippen LogP contribution >= 0.6 is 0 Å². The van der Waals surface area contributed by atoms with Crippen LogP contribution in [0.3, 0.4) is 0 Å². The number of hydrogen-bond acceptors (Lipinski definition) is 3. The van der Waals surface area contributed by atoms with E-state index in [0.29, 0.717) is 0 Å². The quantitative estimate of drug-likeness (QED) is 0.874. The van der Waals surface area contributed by atoms with E-state index in [0.717, 1.165) is 28.7 Å². The molecule has 1 aromatic carbocycles. The molecule has 0 radical (unpaired) electrons. The molecule has 1 N–H and O–H groups in total. The Morgan fingerprint density at radius 1 is 1.18 bits per heavy atom. The number of hydrogen-bond donors (Lipinski definition) is 1. The first-order valence-electron chi connectivity index (χ1n) is 7.84. The van der Waals surface area contributed by atoms with Crippen LogP contribution < -0.4 is 10.8 Å². The first kappa shape index (κ1) is 17.0. The number of aryl methyl sites for hydroxylation is 1. The van der Waals surface area contributed by atoms with Gasteiger partial charge in [-0.2, -0.15) is 0 Å². The molecule has 0 saturated carbocycles. The Morgan fingerprint density at radius 2 is 1.73 bits per heavy atom. The lowest BCUT2D eigenvalue weighted by Crippen LogP contribution is -2.41. The molecule has 2 rings (SSSR count). The molecule has 0 aromatic heterocycles. The summed E-state index contributed by atoms with van der Waals surface area (Å²) in [6.45, 7) is 13.8. The highest BCUT2D eigenvalue weighted by atomic mass is 16.7. The van der Waals surface area contributed by atoms with Gasteiger partial charge >= 0.3 is 7.12 Å². The zero-order valence-electron chi connectivity index (χ0n) is 14.7. The largest absolute Gasteiger partial charge is 0.494 e. The van der Waals surface area contributed by atoms with Gasteiger partial charge in [0.15, 0.2) is 0 Å². The minimum atomic E-state index is -0.415. The third kappa shape index (κ3) is 3.06. The van der Waals surface area contributed by atoms with E-state index >= 15 is 0 Å². The third-order valence-corrected chi connectivity index (χ3v) is 4.68. The van der Waals surface area contributed by atoms with E-state index in [2.05, 4.69) is 25.2 Å². The fourth-order valence-electron chi connectivity index (χ4n) is 2.73. The molecule has 0 bridgehead atoms. The summed E-state index contributed by atoms with van der Waals surface area (Å²) in [5.41, 5.74) is 3.33. The number of nitrogens with one attached hydrogen (secondary N) is 1. The zero-order valence-corrected chi connectivity index (χ0v) is 14.7. The fraction of sp³-hybridized carbons (Fsp3) is 0.588. The number of carbonyl (C=O) groups excluding carboxylic acids is 1. The van der Waals surface area contributed by atoms with Crippen LogP contribution in [0, 0.1) is 6.92 Å². The number of benzene rings is 1. The Balaban J connectivity index is 2.41. The van der Waals surface area contributed by atoms with Crippen molar-refractivity contribution in [3.05, 3.63) is 23.3 Å². The van der Waals surface area contributed by atoms with Crippen molar-refractivity contribution in [1.29, 1.82) is 0 Å². The van der Waals surface area contributed by atoms with Gasteiger partial charge in [-0.1, -0.05) is 13.0 Å². The number of anilines is 1. The van der Waals surface area contributed by atoms with Crippen LogP contribution in [0.4, 0.5) is 5.69 Å². The van der Waals surface area contributed by atoms with Crippen molar-refractivity contribution >= 4 is 24.2 Å². The monoisotopic (exact) mass is 303 g/mol. The zero-order chi connectivity index (χ0) is 16.7. The third-order valence-electron chi connectivity index (χ3n) is 4.68. The van der Waals surface area contributed by atoms with Crippen molar-refractivity contribution in [2.75, 3.05) is 5.32 Å². The molecular weight excluding hydrogens is 277 g/mol. The highest BCUT2D eigenvalue weighted by Gasteiger charge is 2.51. The maximum absolute atomic E-state index is 11.5. The predicted molar refractivity (Wildman–Crippen MR) is 90.6 cm³/mol. The molecule has 1 saturated heterocycles. The summed E-state index contributed by atoms with van der Waals surface area (Å²) < 4.78 is 12.2. The van der Waals surface area contributed by atoms with E-state index in [4.69, 9.17) is 9.31 Å². The fourth-order valence-corrected chi connectivity index (χ4v) is 2.73. The molecule has 5 heteroatoms. The number of carbonyl (C=O) groups is 1. The van der Waals surface area contributed by atoms with E-state index in [1.54, 1.807) is 0 Å². The van der Waals surface area contributed by atoms with Crippen molar-refractivity contribution in [3.8, 4) is 0 Å². The molecule has 4 nitrogen and oxygen atoms in total. The van der Waals surface area contributed by atoms with Gasteiger partial charge in [0.05, 0.1) is 11.2 Å². The van der Waals surface area contributed by atoms with Crippen LogP contribution in [0.1, 0.15) is 52.7 Å². The molecule has 0 unspecified atom stereocenters. The highest BCUT2D eigenvalue weighted by molar-refractivity contribution is 6.62. The van der Waals surface area contributed by atoms with Crippen LogP contribution in [0.15, 0.2) is 12.1 Å². The highest BCUT2D eigenvalue weighted by Crippen LogP contribution is 2.36. The van der Waals surface area contributed by atoms with Gasteiger partial charge in [-0.05, 0) is 63.7 Å². The van der Waals surface area contributed by atoms with Crippen LogP contribution in [0.25, 0.3) is 0 Å². The van der Waals surface area contributed by atoms with E-state index in [1.807, 2.05) is 33.8 Å². The van der Waals surface area contributed by atoms with Gasteiger partial charge < -0.3 is 14.6 Å². The van der Waals surface area contributed by atoms with Gasteiger partial charge in [0.2, 0.25) is 5.91 Å². The topological polar surface area (TPSA) is 47.6 Å². The van der Waals surface area contributed by atoms with E-state index in [9.17, 15) is 4.79 Å². The lowest BCUT2D eigenvalue weighted by atomic mass is 9.77. The molecule has 1 fully saturated rings. The summed E-state index contributed by atoms with van der Waals surface area (Å²) in [5, 5.41) is 2.92. The predicted octanol–water partition coefficient (Wildman–Crippen LogP) is 2.82. The molecule has 0 aliphatic carbocycles. The molecule has 0 atom stereocenters. The molecule has 1 amide bonds. The molecule has 0 spiro atoms. The Kier molecular flexibility index (Phi) is 4.42. The summed E-state index contributed by atoms with van der Waals surface area (Å²) in [6, 6.07) is 4.06. The van der Waals surface area contributed by atoms with Gasteiger partial charge in [-0.15, -0.1) is 0 Å². The molecule has 1 heterocycles. The summed E-state index contributed by atoms with van der Waals surface area (Å²) in [4.78, 5) is 11.5. The van der Waals surface area contributed by atoms with Crippen LogP contribution in [0.5, 0.6) is 0 Å².